The maximum atomic E-state index is 13.0. The summed E-state index contributed by atoms with van der Waals surface area (Å²) in [7, 11) is -1.86. The van der Waals surface area contributed by atoms with Crippen LogP contribution in [0.25, 0.3) is 0 Å². The van der Waals surface area contributed by atoms with Gasteiger partial charge in [-0.2, -0.15) is 0 Å². The number of nitrogens with one attached hydrogen (secondary N) is 1. The van der Waals surface area contributed by atoms with Crippen LogP contribution in [0.15, 0.2) is 35.2 Å². The van der Waals surface area contributed by atoms with Gasteiger partial charge in [0.1, 0.15) is 0 Å². The number of carboxylic acid groups (broad SMARTS) is 1. The van der Waals surface area contributed by atoms with E-state index in [1.165, 1.54) is 0 Å². The molecule has 0 aromatic heterocycles. The first kappa shape index (κ1) is 22.1. The molecule has 1 fully saturated rings. The highest BCUT2D eigenvalue weighted by atomic mass is 32.2. The van der Waals surface area contributed by atoms with Gasteiger partial charge >= 0.3 is 5.97 Å². The number of hydrogen-bond donors (Lipinski definition) is 2. The minimum atomic E-state index is -3.92. The molecule has 3 rings (SSSR count). The van der Waals surface area contributed by atoms with E-state index in [2.05, 4.69) is 21.6 Å². The van der Waals surface area contributed by atoms with Crippen molar-refractivity contribution in [2.75, 3.05) is 42.8 Å². The third-order valence-electron chi connectivity index (χ3n) is 5.64. The van der Waals surface area contributed by atoms with Crippen LogP contribution in [0.3, 0.4) is 0 Å². The molecule has 7 nitrogen and oxygen atoms in total. The summed E-state index contributed by atoms with van der Waals surface area (Å²) in [6.45, 7) is 9.02. The van der Waals surface area contributed by atoms with Gasteiger partial charge in [0, 0.05) is 25.3 Å². The zero-order chi connectivity index (χ0) is 22.1. The minimum Gasteiger partial charge on any atom is -0.478 e. The Balaban J connectivity index is 1.94. The third-order valence-corrected chi connectivity index (χ3v) is 7.15. The Kier molecular flexibility index (Phi) is 6.38. The van der Waals surface area contributed by atoms with Gasteiger partial charge in [0.25, 0.3) is 10.0 Å². The fourth-order valence-corrected chi connectivity index (χ4v) is 5.12. The Hall–Kier alpha value is -2.58. The second-order valence-electron chi connectivity index (χ2n) is 7.99. The fourth-order valence-electron chi connectivity index (χ4n) is 3.72. The van der Waals surface area contributed by atoms with Crippen molar-refractivity contribution in [2.45, 2.75) is 32.1 Å². The number of aromatic carboxylic acids is 1. The molecule has 0 aliphatic carbocycles. The van der Waals surface area contributed by atoms with Gasteiger partial charge in [-0.3, -0.25) is 4.72 Å². The number of aryl methyl sites for hydroxylation is 3. The molecule has 30 heavy (non-hydrogen) atoms. The molecule has 1 saturated heterocycles. The molecule has 1 aliphatic rings. The van der Waals surface area contributed by atoms with Crippen molar-refractivity contribution in [3.63, 3.8) is 0 Å². The van der Waals surface area contributed by atoms with Gasteiger partial charge in [-0.25, -0.2) is 13.2 Å². The Morgan fingerprint density at radius 3 is 2.37 bits per heavy atom. The first-order valence-electron chi connectivity index (χ1n) is 10.00. The molecule has 2 N–H and O–H groups in total. The van der Waals surface area contributed by atoms with Crippen LogP contribution in [-0.2, 0) is 10.0 Å². The number of sulfonamides is 1. The Morgan fingerprint density at radius 1 is 0.967 bits per heavy atom. The van der Waals surface area contributed by atoms with Crippen LogP contribution in [0.4, 0.5) is 11.4 Å². The summed E-state index contributed by atoms with van der Waals surface area (Å²) in [5, 5.41) is 9.73. The zero-order valence-corrected chi connectivity index (χ0v) is 18.7. The van der Waals surface area contributed by atoms with Crippen molar-refractivity contribution >= 4 is 27.4 Å². The Labute approximate surface area is 178 Å². The highest BCUT2D eigenvalue weighted by Crippen LogP contribution is 2.28. The topological polar surface area (TPSA) is 90.0 Å². The van der Waals surface area contributed by atoms with Crippen molar-refractivity contribution in [3.05, 3.63) is 52.6 Å². The largest absolute Gasteiger partial charge is 0.478 e. The van der Waals surface area contributed by atoms with E-state index in [-0.39, 0.29) is 16.1 Å². The van der Waals surface area contributed by atoms with Crippen LogP contribution >= 0.6 is 0 Å². The molecule has 1 aliphatic heterocycles. The molecule has 1 heterocycles. The van der Waals surface area contributed by atoms with Gasteiger partial charge < -0.3 is 14.9 Å². The average molecular weight is 432 g/mol. The van der Waals surface area contributed by atoms with Gasteiger partial charge in [-0.15, -0.1) is 0 Å². The first-order valence-corrected chi connectivity index (χ1v) is 11.5. The standard InChI is InChI=1S/C22H29N3O4S/c1-15-12-17(3)21(13-16(15)2)30(28,29)23-20-7-6-18(14-19(20)22(26)27)25-9-5-8-24(4)10-11-25/h6-7,12-14,23H,5,8-11H2,1-4H3,(H,26,27). The molecule has 0 unspecified atom stereocenters. The molecule has 0 bridgehead atoms. The van der Waals surface area contributed by atoms with Crippen molar-refractivity contribution in [2.24, 2.45) is 0 Å². The summed E-state index contributed by atoms with van der Waals surface area (Å²) < 4.78 is 28.5. The van der Waals surface area contributed by atoms with Crippen LogP contribution in [0.5, 0.6) is 0 Å². The molecular weight excluding hydrogens is 402 g/mol. The normalized spacial score (nSPS) is 15.7. The molecule has 0 amide bonds. The number of anilines is 2. The molecule has 2 aromatic rings. The van der Waals surface area contributed by atoms with E-state index < -0.39 is 16.0 Å². The molecular formula is C22H29N3O4S. The van der Waals surface area contributed by atoms with Crippen LogP contribution in [0.2, 0.25) is 0 Å². The first-order chi connectivity index (χ1) is 14.1. The summed E-state index contributed by atoms with van der Waals surface area (Å²) in [6, 6.07) is 8.32. The van der Waals surface area contributed by atoms with Crippen molar-refractivity contribution in [1.82, 2.24) is 4.90 Å². The van der Waals surface area contributed by atoms with Crippen molar-refractivity contribution in [3.8, 4) is 0 Å². The van der Waals surface area contributed by atoms with Crippen LogP contribution < -0.4 is 9.62 Å². The molecule has 8 heteroatoms. The van der Waals surface area contributed by atoms with Crippen LogP contribution in [0.1, 0.15) is 33.5 Å². The lowest BCUT2D eigenvalue weighted by Crippen LogP contribution is -2.29. The maximum absolute atomic E-state index is 13.0. The molecule has 0 radical (unpaired) electrons. The molecule has 0 atom stereocenters. The summed E-state index contributed by atoms with van der Waals surface area (Å²) in [5.41, 5.74) is 3.28. The van der Waals surface area contributed by atoms with E-state index in [4.69, 9.17) is 0 Å². The van der Waals surface area contributed by atoms with Gasteiger partial charge in [0.2, 0.25) is 0 Å². The number of hydrogen-bond acceptors (Lipinski definition) is 5. The number of nitrogens with zero attached hydrogens (tertiary/aromatic N) is 2. The number of likely N-dealkylation sites (N-methyl/N-ethyl adjacent to an activating group) is 1. The van der Waals surface area contributed by atoms with E-state index >= 15 is 0 Å². The molecule has 162 valence electrons. The van der Waals surface area contributed by atoms with Gasteiger partial charge in [0.15, 0.2) is 0 Å². The van der Waals surface area contributed by atoms with Gasteiger partial charge in [-0.05, 0) is 81.7 Å². The van der Waals surface area contributed by atoms with Crippen molar-refractivity contribution < 1.29 is 18.3 Å². The predicted octanol–water partition coefficient (Wildman–Crippen LogP) is 3.25. The second-order valence-corrected chi connectivity index (χ2v) is 9.64. The number of carboxylic acids is 1. The monoisotopic (exact) mass is 431 g/mol. The Bertz CT molecular complexity index is 1070. The Morgan fingerprint density at radius 2 is 1.67 bits per heavy atom. The lowest BCUT2D eigenvalue weighted by atomic mass is 10.1. The van der Waals surface area contributed by atoms with Crippen molar-refractivity contribution in [1.29, 1.82) is 0 Å². The van der Waals surface area contributed by atoms with E-state index in [9.17, 15) is 18.3 Å². The van der Waals surface area contributed by atoms with E-state index in [1.807, 2.05) is 19.9 Å². The smallest absolute Gasteiger partial charge is 0.337 e. The quantitative estimate of drug-likeness (QED) is 0.755. The molecule has 2 aromatic carbocycles. The predicted molar refractivity (Wildman–Crippen MR) is 119 cm³/mol. The van der Waals surface area contributed by atoms with E-state index in [0.717, 1.165) is 49.4 Å². The number of carbonyl (C=O) groups is 1. The lowest BCUT2D eigenvalue weighted by molar-refractivity contribution is 0.0698. The highest BCUT2D eigenvalue weighted by Gasteiger charge is 2.22. The van der Waals surface area contributed by atoms with Crippen LogP contribution in [-0.4, -0.2) is 57.6 Å². The maximum Gasteiger partial charge on any atom is 0.337 e. The summed E-state index contributed by atoms with van der Waals surface area (Å²) in [4.78, 5) is 16.4. The lowest BCUT2D eigenvalue weighted by Gasteiger charge is -2.24. The number of benzene rings is 2. The number of rotatable bonds is 5. The summed E-state index contributed by atoms with van der Waals surface area (Å²) >= 11 is 0. The van der Waals surface area contributed by atoms with Gasteiger partial charge in [-0.1, -0.05) is 6.07 Å². The van der Waals surface area contributed by atoms with E-state index in [1.54, 1.807) is 31.2 Å². The SMILES string of the molecule is Cc1cc(C)c(S(=O)(=O)Nc2ccc(N3CCCN(C)CC3)cc2C(=O)O)cc1C. The molecule has 0 saturated carbocycles. The average Bonchev–Trinajstić information content (AvgIpc) is 2.89. The fraction of sp³-hybridized carbons (Fsp3) is 0.409. The van der Waals surface area contributed by atoms with Crippen LogP contribution in [0, 0.1) is 20.8 Å². The summed E-state index contributed by atoms with van der Waals surface area (Å²) in [6.07, 6.45) is 0.985. The second kappa shape index (κ2) is 8.65. The molecule has 0 spiro atoms. The minimum absolute atomic E-state index is 0.0600. The highest BCUT2D eigenvalue weighted by molar-refractivity contribution is 7.92. The summed E-state index contributed by atoms with van der Waals surface area (Å²) in [5.74, 6) is -1.17. The van der Waals surface area contributed by atoms with E-state index in [0.29, 0.717) is 5.56 Å². The zero-order valence-electron chi connectivity index (χ0n) is 17.9. The van der Waals surface area contributed by atoms with Gasteiger partial charge in [0.05, 0.1) is 16.1 Å². The third kappa shape index (κ3) is 4.76.